The minimum Gasteiger partial charge on any atom is -0.481 e. The molecule has 1 N–H and O–H groups in total. The van der Waals surface area contributed by atoms with Gasteiger partial charge >= 0.3 is 5.97 Å². The Morgan fingerprint density at radius 1 is 1.47 bits per heavy atom. The van der Waals surface area contributed by atoms with E-state index in [0.29, 0.717) is 12.0 Å². The van der Waals surface area contributed by atoms with Gasteiger partial charge in [0.2, 0.25) is 0 Å². The average molecular weight is 302 g/mol. The van der Waals surface area contributed by atoms with E-state index in [1.807, 2.05) is 18.0 Å². The zero-order valence-electron chi connectivity index (χ0n) is 11.9. The summed E-state index contributed by atoms with van der Waals surface area (Å²) in [6.45, 7) is 6.45. The number of aliphatic carboxylic acids is 1. The molecule has 1 aromatic heterocycles. The van der Waals surface area contributed by atoms with Gasteiger partial charge in [0.15, 0.2) is 5.16 Å². The van der Waals surface area contributed by atoms with E-state index in [2.05, 4.69) is 36.6 Å². The highest BCUT2D eigenvalue weighted by atomic mass is 32.2. The van der Waals surface area contributed by atoms with Crippen LogP contribution in [0.1, 0.15) is 44.8 Å². The van der Waals surface area contributed by atoms with Crippen molar-refractivity contribution in [1.82, 2.24) is 9.55 Å². The predicted molar refractivity (Wildman–Crippen MR) is 82.4 cm³/mol. The van der Waals surface area contributed by atoms with E-state index in [-0.39, 0.29) is 5.75 Å². The fraction of sp³-hybridized carbons (Fsp3) is 0.692. The van der Waals surface area contributed by atoms with Crippen molar-refractivity contribution in [3.63, 3.8) is 0 Å². The second kappa shape index (κ2) is 7.85. The average Bonchev–Trinajstić information content (AvgIpc) is 2.77. The first-order valence-corrected chi connectivity index (χ1v) is 8.76. The first-order chi connectivity index (χ1) is 8.97. The van der Waals surface area contributed by atoms with Crippen molar-refractivity contribution in [3.8, 4) is 0 Å². The summed E-state index contributed by atoms with van der Waals surface area (Å²) < 4.78 is 2.20. The van der Waals surface area contributed by atoms with Gasteiger partial charge in [-0.05, 0) is 31.3 Å². The van der Waals surface area contributed by atoms with Crippen LogP contribution in [-0.2, 0) is 4.79 Å². The Bertz CT molecular complexity index is 419. The van der Waals surface area contributed by atoms with Gasteiger partial charge in [0.25, 0.3) is 0 Å². The number of nitrogens with zero attached hydrogens (tertiary/aromatic N) is 2. The van der Waals surface area contributed by atoms with E-state index in [4.69, 9.17) is 5.11 Å². The fourth-order valence-corrected chi connectivity index (χ4v) is 3.26. The van der Waals surface area contributed by atoms with Crippen molar-refractivity contribution < 1.29 is 9.90 Å². The van der Waals surface area contributed by atoms with Crippen molar-refractivity contribution in [3.05, 3.63) is 11.9 Å². The molecule has 0 amide bonds. The van der Waals surface area contributed by atoms with Crippen LogP contribution >= 0.6 is 23.5 Å². The molecule has 4 nitrogen and oxygen atoms in total. The van der Waals surface area contributed by atoms with Crippen LogP contribution in [-0.4, -0.2) is 38.4 Å². The zero-order chi connectivity index (χ0) is 14.4. The molecule has 6 heteroatoms. The topological polar surface area (TPSA) is 55.1 Å². The van der Waals surface area contributed by atoms with E-state index >= 15 is 0 Å². The number of aromatic nitrogens is 2. The molecule has 0 saturated carbocycles. The SMILES string of the molecule is CSCCC(C)n1c(C(C)C)cnc1SCC(=O)O. The molecule has 0 radical (unpaired) electrons. The van der Waals surface area contributed by atoms with Gasteiger partial charge in [0, 0.05) is 17.9 Å². The molecular weight excluding hydrogens is 280 g/mol. The molecule has 1 aromatic rings. The summed E-state index contributed by atoms with van der Waals surface area (Å²) in [5, 5.41) is 9.62. The Morgan fingerprint density at radius 2 is 2.16 bits per heavy atom. The summed E-state index contributed by atoms with van der Waals surface area (Å²) in [4.78, 5) is 15.1. The number of hydrogen-bond donors (Lipinski definition) is 1. The molecule has 0 saturated heterocycles. The molecule has 1 rings (SSSR count). The van der Waals surface area contributed by atoms with Crippen LogP contribution in [0.25, 0.3) is 0 Å². The summed E-state index contributed by atoms with van der Waals surface area (Å²) >= 11 is 3.13. The molecule has 19 heavy (non-hydrogen) atoms. The standard InChI is InChI=1S/C13H22N2O2S2/c1-9(2)11-7-14-13(19-8-12(16)17)15(11)10(3)5-6-18-4/h7,9-10H,5-6,8H2,1-4H3,(H,16,17). The van der Waals surface area contributed by atoms with Crippen molar-refractivity contribution in [2.45, 2.75) is 44.3 Å². The lowest BCUT2D eigenvalue weighted by atomic mass is 10.1. The first-order valence-electron chi connectivity index (χ1n) is 6.38. The normalized spacial score (nSPS) is 12.9. The van der Waals surface area contributed by atoms with Crippen LogP contribution in [0.4, 0.5) is 0 Å². The molecule has 0 aliphatic heterocycles. The third-order valence-corrected chi connectivity index (χ3v) is 4.48. The Hall–Kier alpha value is -0.620. The maximum absolute atomic E-state index is 10.7. The summed E-state index contributed by atoms with van der Waals surface area (Å²) in [5.74, 6) is 0.745. The smallest absolute Gasteiger partial charge is 0.313 e. The molecule has 0 fully saturated rings. The third kappa shape index (κ3) is 4.76. The van der Waals surface area contributed by atoms with E-state index in [0.717, 1.165) is 17.3 Å². The number of carbonyl (C=O) groups is 1. The van der Waals surface area contributed by atoms with Gasteiger partial charge in [-0.2, -0.15) is 11.8 Å². The molecule has 1 atom stereocenters. The number of thioether (sulfide) groups is 2. The number of imidazole rings is 1. The highest BCUT2D eigenvalue weighted by Crippen LogP contribution is 2.29. The summed E-state index contributed by atoms with van der Waals surface area (Å²) in [6, 6.07) is 0.351. The van der Waals surface area contributed by atoms with Gasteiger partial charge in [-0.1, -0.05) is 25.6 Å². The van der Waals surface area contributed by atoms with Gasteiger partial charge < -0.3 is 9.67 Å². The summed E-state index contributed by atoms with van der Waals surface area (Å²) in [7, 11) is 0. The zero-order valence-corrected chi connectivity index (χ0v) is 13.6. The Balaban J connectivity index is 2.93. The van der Waals surface area contributed by atoms with Crippen molar-refractivity contribution in [2.75, 3.05) is 17.8 Å². The molecule has 0 aromatic carbocycles. The first kappa shape index (κ1) is 16.4. The Morgan fingerprint density at radius 3 is 2.68 bits per heavy atom. The van der Waals surface area contributed by atoms with Crippen LogP contribution in [0, 0.1) is 0 Å². The van der Waals surface area contributed by atoms with E-state index in [1.54, 1.807) is 0 Å². The summed E-state index contributed by atoms with van der Waals surface area (Å²) in [6.07, 6.45) is 5.05. The maximum atomic E-state index is 10.7. The van der Waals surface area contributed by atoms with E-state index < -0.39 is 5.97 Å². The minimum absolute atomic E-state index is 0.0593. The van der Waals surface area contributed by atoms with Crippen LogP contribution in [0.15, 0.2) is 11.4 Å². The van der Waals surface area contributed by atoms with Gasteiger partial charge in [0.05, 0.1) is 5.75 Å². The van der Waals surface area contributed by atoms with Gasteiger partial charge in [-0.25, -0.2) is 4.98 Å². The third-order valence-electron chi connectivity index (χ3n) is 2.89. The number of carboxylic acids is 1. The Kier molecular flexibility index (Phi) is 6.79. The van der Waals surface area contributed by atoms with Crippen LogP contribution in [0.2, 0.25) is 0 Å². The number of rotatable bonds is 8. The molecule has 108 valence electrons. The maximum Gasteiger partial charge on any atom is 0.313 e. The lowest BCUT2D eigenvalue weighted by molar-refractivity contribution is -0.133. The van der Waals surface area contributed by atoms with Crippen LogP contribution in [0.3, 0.4) is 0 Å². The van der Waals surface area contributed by atoms with Gasteiger partial charge in [-0.15, -0.1) is 0 Å². The molecule has 0 aliphatic carbocycles. The largest absolute Gasteiger partial charge is 0.481 e. The van der Waals surface area contributed by atoms with Crippen molar-refractivity contribution in [1.29, 1.82) is 0 Å². The van der Waals surface area contributed by atoms with E-state index in [1.165, 1.54) is 17.5 Å². The molecule has 1 unspecified atom stereocenters. The van der Waals surface area contributed by atoms with Crippen molar-refractivity contribution >= 4 is 29.5 Å². The second-order valence-electron chi connectivity index (χ2n) is 4.80. The second-order valence-corrected chi connectivity index (χ2v) is 6.73. The predicted octanol–water partition coefficient (Wildman–Crippen LogP) is 3.50. The number of hydrogen-bond acceptors (Lipinski definition) is 4. The monoisotopic (exact) mass is 302 g/mol. The molecule has 0 aliphatic rings. The lowest BCUT2D eigenvalue weighted by Crippen LogP contribution is -2.13. The number of carboxylic acid groups (broad SMARTS) is 1. The fourth-order valence-electron chi connectivity index (χ4n) is 1.88. The quantitative estimate of drug-likeness (QED) is 0.745. The Labute approximate surface area is 123 Å². The molecule has 0 spiro atoms. The van der Waals surface area contributed by atoms with Gasteiger partial charge in [-0.3, -0.25) is 4.79 Å². The minimum atomic E-state index is -0.803. The van der Waals surface area contributed by atoms with Crippen LogP contribution in [0.5, 0.6) is 0 Å². The lowest BCUT2D eigenvalue weighted by Gasteiger charge is -2.20. The molecule has 0 bridgehead atoms. The molecule has 1 heterocycles. The van der Waals surface area contributed by atoms with Gasteiger partial charge in [0.1, 0.15) is 0 Å². The summed E-state index contributed by atoms with van der Waals surface area (Å²) in [5.41, 5.74) is 1.18. The van der Waals surface area contributed by atoms with Crippen LogP contribution < -0.4 is 0 Å². The molecular formula is C13H22N2O2S2. The van der Waals surface area contributed by atoms with Crippen molar-refractivity contribution in [2.24, 2.45) is 0 Å². The highest BCUT2D eigenvalue weighted by Gasteiger charge is 2.18. The van der Waals surface area contributed by atoms with E-state index in [9.17, 15) is 4.79 Å². The highest BCUT2D eigenvalue weighted by molar-refractivity contribution is 7.99.